The average molecular weight is 314 g/mol. The van der Waals surface area contributed by atoms with Crippen molar-refractivity contribution in [2.24, 2.45) is 0 Å². The van der Waals surface area contributed by atoms with Crippen molar-refractivity contribution in [2.45, 2.75) is 6.92 Å². The fourth-order valence-electron chi connectivity index (χ4n) is 1.63. The van der Waals surface area contributed by atoms with Gasteiger partial charge in [-0.25, -0.2) is 4.79 Å². The molecule has 0 aliphatic carbocycles. The predicted molar refractivity (Wildman–Crippen MR) is 75.7 cm³/mol. The first-order valence-electron chi connectivity index (χ1n) is 5.52. The third-order valence-electron chi connectivity index (χ3n) is 2.53. The minimum atomic E-state index is -0.742. The molecule has 0 amide bonds. The summed E-state index contributed by atoms with van der Waals surface area (Å²) in [6.07, 6.45) is 0. The van der Waals surface area contributed by atoms with Gasteiger partial charge in [0.05, 0.1) is 11.5 Å². The standard InChI is InChI=1S/C12H8ClNO5S/c1-2-19-12(16)7-5-20-10-4-8(13)9(14(17)18)3-6(10)11(7)15/h3-5H,2H2,1H3. The number of ether oxygens (including phenoxy) is 1. The van der Waals surface area contributed by atoms with E-state index in [1.807, 2.05) is 0 Å². The number of rotatable bonds is 3. The number of benzene rings is 1. The Morgan fingerprint density at radius 2 is 2.20 bits per heavy atom. The molecule has 0 fully saturated rings. The lowest BCUT2D eigenvalue weighted by molar-refractivity contribution is -0.384. The first-order chi connectivity index (χ1) is 9.45. The summed E-state index contributed by atoms with van der Waals surface area (Å²) in [5, 5.41) is 12.2. The molecule has 0 N–H and O–H groups in total. The molecular weight excluding hydrogens is 306 g/mol. The number of hydrogen-bond donors (Lipinski definition) is 0. The Bertz CT molecular complexity index is 770. The van der Waals surface area contributed by atoms with Crippen molar-refractivity contribution in [1.29, 1.82) is 0 Å². The van der Waals surface area contributed by atoms with Gasteiger partial charge in [-0.1, -0.05) is 11.6 Å². The normalized spacial score (nSPS) is 10.5. The number of carbonyl (C=O) groups excluding carboxylic acids is 1. The van der Waals surface area contributed by atoms with Gasteiger partial charge < -0.3 is 4.74 Å². The van der Waals surface area contributed by atoms with Crippen LogP contribution in [-0.4, -0.2) is 17.5 Å². The van der Waals surface area contributed by atoms with Gasteiger partial charge in [-0.2, -0.15) is 0 Å². The summed E-state index contributed by atoms with van der Waals surface area (Å²) in [4.78, 5) is 33.9. The molecule has 2 aromatic rings. The molecule has 6 nitrogen and oxygen atoms in total. The first-order valence-corrected chi connectivity index (χ1v) is 6.78. The summed E-state index contributed by atoms with van der Waals surface area (Å²) in [5.74, 6) is -0.742. The fraction of sp³-hybridized carbons (Fsp3) is 0.167. The molecule has 1 aromatic carbocycles. The number of halogens is 1. The second-order valence-electron chi connectivity index (χ2n) is 3.76. The Labute approximate surface area is 121 Å². The number of nitro groups is 1. The number of nitro benzene ring substituents is 1. The highest BCUT2D eigenvalue weighted by atomic mass is 35.5. The van der Waals surface area contributed by atoms with Crippen LogP contribution in [0.5, 0.6) is 0 Å². The Kier molecular flexibility index (Phi) is 4.01. The largest absolute Gasteiger partial charge is 0.462 e. The van der Waals surface area contributed by atoms with E-state index in [2.05, 4.69) is 0 Å². The molecule has 0 saturated carbocycles. The van der Waals surface area contributed by atoms with Gasteiger partial charge in [-0.3, -0.25) is 14.9 Å². The van der Waals surface area contributed by atoms with Crippen molar-refractivity contribution < 1.29 is 14.5 Å². The van der Waals surface area contributed by atoms with Crippen LogP contribution in [-0.2, 0) is 4.74 Å². The number of hydrogen-bond acceptors (Lipinski definition) is 6. The van der Waals surface area contributed by atoms with Crippen LogP contribution in [0, 0.1) is 10.1 Å². The molecule has 1 aromatic heterocycles. The molecule has 0 unspecified atom stereocenters. The molecule has 0 radical (unpaired) electrons. The van der Waals surface area contributed by atoms with Gasteiger partial charge in [0.1, 0.15) is 10.6 Å². The number of fused-ring (bicyclic) bond motifs is 1. The maximum absolute atomic E-state index is 12.2. The van der Waals surface area contributed by atoms with E-state index < -0.39 is 16.3 Å². The first kappa shape index (κ1) is 14.4. The second-order valence-corrected chi connectivity index (χ2v) is 5.07. The van der Waals surface area contributed by atoms with Crippen LogP contribution in [0.25, 0.3) is 10.1 Å². The van der Waals surface area contributed by atoms with E-state index >= 15 is 0 Å². The topological polar surface area (TPSA) is 86.5 Å². The molecule has 0 spiro atoms. The van der Waals surface area contributed by atoms with Crippen LogP contribution in [0.15, 0.2) is 22.3 Å². The van der Waals surface area contributed by atoms with Crippen LogP contribution in [0.3, 0.4) is 0 Å². The van der Waals surface area contributed by atoms with Crippen LogP contribution in [0.4, 0.5) is 5.69 Å². The Balaban J connectivity index is 2.72. The lowest BCUT2D eigenvalue weighted by Crippen LogP contribution is -2.16. The lowest BCUT2D eigenvalue weighted by Gasteiger charge is -2.03. The van der Waals surface area contributed by atoms with Gasteiger partial charge in [0.25, 0.3) is 5.69 Å². The number of carbonyl (C=O) groups is 1. The molecule has 0 aliphatic heterocycles. The maximum atomic E-state index is 12.2. The Morgan fingerprint density at radius 3 is 2.80 bits per heavy atom. The van der Waals surface area contributed by atoms with Crippen LogP contribution in [0.2, 0.25) is 5.02 Å². The fourth-order valence-corrected chi connectivity index (χ4v) is 2.84. The smallest absolute Gasteiger partial charge is 0.342 e. The van der Waals surface area contributed by atoms with E-state index in [0.717, 1.165) is 17.4 Å². The number of nitrogens with zero attached hydrogens (tertiary/aromatic N) is 1. The molecular formula is C12H8ClNO5S. The minimum absolute atomic E-state index is 0.0537. The summed E-state index contributed by atoms with van der Waals surface area (Å²) in [6, 6.07) is 2.43. The monoisotopic (exact) mass is 313 g/mol. The van der Waals surface area contributed by atoms with Gasteiger partial charge in [0.2, 0.25) is 5.43 Å². The molecule has 104 valence electrons. The Morgan fingerprint density at radius 1 is 1.50 bits per heavy atom. The van der Waals surface area contributed by atoms with E-state index in [1.165, 1.54) is 11.4 Å². The van der Waals surface area contributed by atoms with Crippen molar-refractivity contribution in [2.75, 3.05) is 6.61 Å². The zero-order valence-corrected chi connectivity index (χ0v) is 11.8. The molecule has 0 aliphatic rings. The summed E-state index contributed by atoms with van der Waals surface area (Å²) >= 11 is 6.87. The van der Waals surface area contributed by atoms with Crippen molar-refractivity contribution in [1.82, 2.24) is 0 Å². The van der Waals surface area contributed by atoms with E-state index in [4.69, 9.17) is 16.3 Å². The van der Waals surface area contributed by atoms with Crippen molar-refractivity contribution in [3.8, 4) is 0 Å². The highest BCUT2D eigenvalue weighted by molar-refractivity contribution is 7.16. The van der Waals surface area contributed by atoms with Gasteiger partial charge in [0, 0.05) is 21.5 Å². The van der Waals surface area contributed by atoms with E-state index in [1.54, 1.807) is 6.92 Å². The summed E-state index contributed by atoms with van der Waals surface area (Å²) in [6.45, 7) is 1.76. The average Bonchev–Trinajstić information content (AvgIpc) is 2.38. The summed E-state index contributed by atoms with van der Waals surface area (Å²) in [5.41, 5.74) is -1.11. The molecule has 8 heteroatoms. The molecule has 20 heavy (non-hydrogen) atoms. The van der Waals surface area contributed by atoms with Gasteiger partial charge in [-0.05, 0) is 13.0 Å². The maximum Gasteiger partial charge on any atom is 0.342 e. The van der Waals surface area contributed by atoms with Crippen LogP contribution < -0.4 is 5.43 Å². The quantitative estimate of drug-likeness (QED) is 0.494. The number of esters is 1. The zero-order valence-electron chi connectivity index (χ0n) is 10.2. The van der Waals surface area contributed by atoms with Crippen molar-refractivity contribution in [3.63, 3.8) is 0 Å². The molecule has 1 heterocycles. The van der Waals surface area contributed by atoms with E-state index in [0.29, 0.717) is 4.70 Å². The van der Waals surface area contributed by atoms with Crippen LogP contribution >= 0.6 is 22.9 Å². The van der Waals surface area contributed by atoms with Crippen LogP contribution in [0.1, 0.15) is 17.3 Å². The van der Waals surface area contributed by atoms with Crippen molar-refractivity contribution in [3.05, 3.63) is 48.4 Å². The molecule has 0 bridgehead atoms. The van der Waals surface area contributed by atoms with E-state index in [-0.39, 0.29) is 28.3 Å². The molecule has 0 saturated heterocycles. The highest BCUT2D eigenvalue weighted by Crippen LogP contribution is 2.30. The minimum Gasteiger partial charge on any atom is -0.462 e. The highest BCUT2D eigenvalue weighted by Gasteiger charge is 2.19. The summed E-state index contributed by atoms with van der Waals surface area (Å²) in [7, 11) is 0. The van der Waals surface area contributed by atoms with E-state index in [9.17, 15) is 19.7 Å². The zero-order chi connectivity index (χ0) is 14.9. The Hall–Kier alpha value is -1.99. The van der Waals surface area contributed by atoms with Gasteiger partial charge in [-0.15, -0.1) is 11.3 Å². The third kappa shape index (κ3) is 2.50. The SMILES string of the molecule is CCOC(=O)c1csc2cc(Cl)c([N+](=O)[O-])cc2c1=O. The molecule has 2 rings (SSSR count). The lowest BCUT2D eigenvalue weighted by atomic mass is 10.2. The van der Waals surface area contributed by atoms with Gasteiger partial charge in [0.15, 0.2) is 0 Å². The third-order valence-corrected chi connectivity index (χ3v) is 3.78. The second kappa shape index (κ2) is 5.56. The molecule has 0 atom stereocenters. The van der Waals surface area contributed by atoms with Crippen molar-refractivity contribution >= 4 is 44.7 Å². The predicted octanol–water partition coefficient (Wildman–Crippen LogP) is 3.00. The summed E-state index contributed by atoms with van der Waals surface area (Å²) < 4.78 is 5.24. The van der Waals surface area contributed by atoms with Gasteiger partial charge >= 0.3 is 5.97 Å².